The number of phenolic OH excluding ortho intramolecular Hbond substituents is 1. The lowest BCUT2D eigenvalue weighted by Crippen LogP contribution is -2.35. The number of aromatic hydroxyl groups is 1. The summed E-state index contributed by atoms with van der Waals surface area (Å²) in [4.78, 5) is 39.6. The van der Waals surface area contributed by atoms with Gasteiger partial charge in [0.05, 0.1) is 0 Å². The molecule has 0 bridgehead atoms. The first-order valence-corrected chi connectivity index (χ1v) is 7.70. The van der Waals surface area contributed by atoms with Gasteiger partial charge in [0.2, 0.25) is 0 Å². The van der Waals surface area contributed by atoms with E-state index in [0.29, 0.717) is 10.9 Å². The number of phenols is 1. The van der Waals surface area contributed by atoms with Gasteiger partial charge in [0, 0.05) is 30.4 Å². The van der Waals surface area contributed by atoms with Crippen LogP contribution in [-0.2, 0) is 16.1 Å². The molecule has 0 spiro atoms. The van der Waals surface area contributed by atoms with Gasteiger partial charge in [-0.3, -0.25) is 14.6 Å². The predicted octanol–water partition coefficient (Wildman–Crippen LogP) is 1.46. The highest BCUT2D eigenvalue weighted by Gasteiger charge is 2.19. The number of pyridine rings is 1. The Morgan fingerprint density at radius 1 is 1.23 bits per heavy atom. The minimum absolute atomic E-state index is 0.00316. The fourth-order valence-electron chi connectivity index (χ4n) is 2.43. The summed E-state index contributed by atoms with van der Waals surface area (Å²) in [5.74, 6) is -2.22. The van der Waals surface area contributed by atoms with E-state index in [0.717, 1.165) is 5.56 Å². The van der Waals surface area contributed by atoms with Gasteiger partial charge in [-0.2, -0.15) is 0 Å². The molecule has 3 N–H and O–H groups in total. The van der Waals surface area contributed by atoms with Crippen molar-refractivity contribution in [2.24, 2.45) is 0 Å². The molecule has 3 aromatic rings. The zero-order chi connectivity index (χ0) is 18.7. The van der Waals surface area contributed by atoms with Crippen LogP contribution in [0.4, 0.5) is 5.69 Å². The average Bonchev–Trinajstić information content (AvgIpc) is 2.62. The Labute approximate surface area is 147 Å². The molecule has 1 aromatic carbocycles. The van der Waals surface area contributed by atoms with Crippen LogP contribution < -0.4 is 16.3 Å². The van der Waals surface area contributed by atoms with E-state index in [4.69, 9.17) is 4.42 Å². The lowest BCUT2D eigenvalue weighted by atomic mass is 10.1. The summed E-state index contributed by atoms with van der Waals surface area (Å²) >= 11 is 0. The van der Waals surface area contributed by atoms with Crippen LogP contribution >= 0.6 is 0 Å². The Balaban J connectivity index is 1.81. The van der Waals surface area contributed by atoms with Crippen molar-refractivity contribution in [2.45, 2.75) is 13.5 Å². The third-order valence-electron chi connectivity index (χ3n) is 3.72. The van der Waals surface area contributed by atoms with Crippen LogP contribution in [0.15, 0.2) is 51.9 Å². The molecule has 26 heavy (non-hydrogen) atoms. The molecule has 0 fully saturated rings. The fourth-order valence-corrected chi connectivity index (χ4v) is 2.43. The molecule has 0 aliphatic heterocycles. The minimum atomic E-state index is -0.999. The van der Waals surface area contributed by atoms with Gasteiger partial charge >= 0.3 is 17.4 Å². The van der Waals surface area contributed by atoms with Crippen LogP contribution in [0.2, 0.25) is 0 Å². The van der Waals surface area contributed by atoms with Gasteiger partial charge < -0.3 is 20.2 Å². The molecular weight excluding hydrogens is 338 g/mol. The van der Waals surface area contributed by atoms with E-state index < -0.39 is 17.4 Å². The highest BCUT2D eigenvalue weighted by molar-refractivity contribution is 6.40. The van der Waals surface area contributed by atoms with E-state index in [-0.39, 0.29) is 23.6 Å². The maximum Gasteiger partial charge on any atom is 0.336 e. The second kappa shape index (κ2) is 7.06. The summed E-state index contributed by atoms with van der Waals surface area (Å²) < 4.78 is 5.09. The maximum absolute atomic E-state index is 12.1. The first kappa shape index (κ1) is 17.2. The normalized spacial score (nSPS) is 10.5. The molecule has 0 saturated heterocycles. The van der Waals surface area contributed by atoms with Crippen LogP contribution in [0.3, 0.4) is 0 Å². The molecule has 0 saturated carbocycles. The summed E-state index contributed by atoms with van der Waals surface area (Å²) in [6.45, 7) is 1.82. The van der Waals surface area contributed by atoms with Gasteiger partial charge in [0.15, 0.2) is 5.58 Å². The SMILES string of the molecule is Cc1cc(=O)oc2c(NC(=O)C(=O)NCc3cccnc3)c(O)ccc12. The van der Waals surface area contributed by atoms with E-state index >= 15 is 0 Å². The summed E-state index contributed by atoms with van der Waals surface area (Å²) in [5.41, 5.74) is 0.585. The molecule has 132 valence electrons. The molecular formula is C18H15N3O5. The van der Waals surface area contributed by atoms with Crippen molar-refractivity contribution >= 4 is 28.5 Å². The lowest BCUT2D eigenvalue weighted by Gasteiger charge is -2.10. The predicted molar refractivity (Wildman–Crippen MR) is 93.6 cm³/mol. The Morgan fingerprint density at radius 3 is 2.77 bits per heavy atom. The number of carbonyl (C=O) groups excluding carboxylic acids is 2. The van der Waals surface area contributed by atoms with Gasteiger partial charge in [-0.25, -0.2) is 4.79 Å². The first-order valence-electron chi connectivity index (χ1n) is 7.70. The molecule has 8 heteroatoms. The Kier molecular flexibility index (Phi) is 4.66. The molecule has 0 radical (unpaired) electrons. The third-order valence-corrected chi connectivity index (χ3v) is 3.72. The van der Waals surface area contributed by atoms with E-state index in [2.05, 4.69) is 15.6 Å². The molecule has 0 atom stereocenters. The van der Waals surface area contributed by atoms with Gasteiger partial charge in [0.1, 0.15) is 11.4 Å². The highest BCUT2D eigenvalue weighted by Crippen LogP contribution is 2.32. The van der Waals surface area contributed by atoms with Crippen molar-refractivity contribution in [3.05, 3.63) is 64.3 Å². The highest BCUT2D eigenvalue weighted by atomic mass is 16.4. The second-order valence-corrected chi connectivity index (χ2v) is 5.58. The van der Waals surface area contributed by atoms with Crippen molar-refractivity contribution in [3.63, 3.8) is 0 Å². The summed E-state index contributed by atoms with van der Waals surface area (Å²) in [5, 5.41) is 15.3. The van der Waals surface area contributed by atoms with Crippen molar-refractivity contribution in [1.82, 2.24) is 10.3 Å². The quantitative estimate of drug-likeness (QED) is 0.372. The smallest absolute Gasteiger partial charge is 0.336 e. The molecule has 3 rings (SSSR count). The first-order chi connectivity index (χ1) is 12.5. The van der Waals surface area contributed by atoms with E-state index in [1.807, 2.05) is 0 Å². The minimum Gasteiger partial charge on any atom is -0.506 e. The van der Waals surface area contributed by atoms with Crippen molar-refractivity contribution in [1.29, 1.82) is 0 Å². The molecule has 0 aliphatic carbocycles. The van der Waals surface area contributed by atoms with E-state index in [9.17, 15) is 19.5 Å². The number of hydrogen-bond donors (Lipinski definition) is 3. The molecule has 8 nitrogen and oxygen atoms in total. The van der Waals surface area contributed by atoms with Crippen LogP contribution in [-0.4, -0.2) is 21.9 Å². The topological polar surface area (TPSA) is 122 Å². The molecule has 2 heterocycles. The van der Waals surface area contributed by atoms with Crippen molar-refractivity contribution in [2.75, 3.05) is 5.32 Å². The van der Waals surface area contributed by atoms with E-state index in [1.54, 1.807) is 37.5 Å². The summed E-state index contributed by atoms with van der Waals surface area (Å²) in [7, 11) is 0. The number of anilines is 1. The fraction of sp³-hybridized carbons (Fsp3) is 0.111. The van der Waals surface area contributed by atoms with Gasteiger partial charge in [0.25, 0.3) is 0 Å². The Morgan fingerprint density at radius 2 is 2.04 bits per heavy atom. The number of amides is 2. The number of rotatable bonds is 3. The number of aryl methyl sites for hydroxylation is 1. The Hall–Kier alpha value is -3.68. The van der Waals surface area contributed by atoms with Crippen molar-refractivity contribution < 1.29 is 19.1 Å². The van der Waals surface area contributed by atoms with Gasteiger partial charge in [-0.15, -0.1) is 0 Å². The second-order valence-electron chi connectivity index (χ2n) is 5.58. The molecule has 0 aliphatic rings. The third kappa shape index (κ3) is 3.54. The summed E-state index contributed by atoms with van der Waals surface area (Å²) in [6.07, 6.45) is 3.16. The number of carbonyl (C=O) groups is 2. The number of benzene rings is 1. The van der Waals surface area contributed by atoms with Crippen LogP contribution in [0.5, 0.6) is 5.75 Å². The van der Waals surface area contributed by atoms with E-state index in [1.165, 1.54) is 12.1 Å². The number of nitrogens with zero attached hydrogens (tertiary/aromatic N) is 1. The zero-order valence-corrected chi connectivity index (χ0v) is 13.8. The van der Waals surface area contributed by atoms with Crippen LogP contribution in [0.25, 0.3) is 11.0 Å². The largest absolute Gasteiger partial charge is 0.506 e. The number of nitrogens with one attached hydrogen (secondary N) is 2. The van der Waals surface area contributed by atoms with Gasteiger partial charge in [-0.1, -0.05) is 6.07 Å². The standard InChI is InChI=1S/C18H15N3O5/c1-10-7-14(23)26-16-12(10)4-5-13(22)15(16)21-18(25)17(24)20-9-11-3-2-6-19-8-11/h2-8,22H,9H2,1H3,(H,20,24)(H,21,25). The maximum atomic E-state index is 12.1. The zero-order valence-electron chi connectivity index (χ0n) is 13.8. The average molecular weight is 353 g/mol. The van der Waals surface area contributed by atoms with Crippen LogP contribution in [0, 0.1) is 6.92 Å². The number of fused-ring (bicyclic) bond motifs is 1. The lowest BCUT2D eigenvalue weighted by molar-refractivity contribution is -0.136. The van der Waals surface area contributed by atoms with Crippen molar-refractivity contribution in [3.8, 4) is 5.75 Å². The Bertz CT molecular complexity index is 1040. The number of hydrogen-bond acceptors (Lipinski definition) is 6. The summed E-state index contributed by atoms with van der Waals surface area (Å²) in [6, 6.07) is 7.66. The molecule has 2 amide bonds. The molecule has 2 aromatic heterocycles. The van der Waals surface area contributed by atoms with Crippen LogP contribution in [0.1, 0.15) is 11.1 Å². The molecule has 0 unspecified atom stereocenters. The van der Waals surface area contributed by atoms with Gasteiger partial charge in [-0.05, 0) is 36.2 Å². The monoisotopic (exact) mass is 353 g/mol. The number of aromatic nitrogens is 1.